The van der Waals surface area contributed by atoms with Crippen LogP contribution in [-0.4, -0.2) is 40.1 Å². The van der Waals surface area contributed by atoms with Crippen molar-refractivity contribution in [2.75, 3.05) is 0 Å². The van der Waals surface area contributed by atoms with Gasteiger partial charge in [-0.15, -0.1) is 0 Å². The van der Waals surface area contributed by atoms with E-state index in [0.29, 0.717) is 0 Å². The molecular formula is C15H20N4O3. The molecule has 2 amide bonds. The molecule has 7 heteroatoms. The van der Waals surface area contributed by atoms with E-state index in [1.54, 1.807) is 6.20 Å². The maximum Gasteiger partial charge on any atom is 0.240 e. The second-order valence-electron chi connectivity index (χ2n) is 5.29. The van der Waals surface area contributed by atoms with Crippen LogP contribution in [0.1, 0.15) is 12.5 Å². The van der Waals surface area contributed by atoms with Crippen molar-refractivity contribution in [1.29, 1.82) is 0 Å². The zero-order chi connectivity index (χ0) is 16.3. The predicted octanol–water partition coefficient (Wildman–Crippen LogP) is -0.611. The lowest BCUT2D eigenvalue weighted by atomic mass is 10.0. The van der Waals surface area contributed by atoms with Crippen molar-refractivity contribution in [3.63, 3.8) is 0 Å². The Bertz CT molecular complexity index is 680. The Hall–Kier alpha value is -2.38. The summed E-state index contributed by atoms with van der Waals surface area (Å²) in [6, 6.07) is 5.63. The fourth-order valence-electron chi connectivity index (χ4n) is 2.23. The van der Waals surface area contributed by atoms with Crippen LogP contribution in [0.25, 0.3) is 10.9 Å². The molecule has 22 heavy (non-hydrogen) atoms. The zero-order valence-corrected chi connectivity index (χ0v) is 12.2. The Morgan fingerprint density at radius 2 is 2.05 bits per heavy atom. The van der Waals surface area contributed by atoms with Crippen LogP contribution in [0, 0.1) is 0 Å². The van der Waals surface area contributed by atoms with E-state index >= 15 is 0 Å². The van der Waals surface area contributed by atoms with Gasteiger partial charge in [-0.2, -0.15) is 0 Å². The monoisotopic (exact) mass is 304 g/mol. The van der Waals surface area contributed by atoms with E-state index in [0.717, 1.165) is 16.5 Å². The van der Waals surface area contributed by atoms with Gasteiger partial charge in [0.15, 0.2) is 0 Å². The molecule has 0 saturated carbocycles. The highest BCUT2D eigenvalue weighted by Gasteiger charge is 2.25. The Morgan fingerprint density at radius 3 is 2.68 bits per heavy atom. The molecular weight excluding hydrogens is 284 g/mol. The van der Waals surface area contributed by atoms with E-state index in [1.165, 1.54) is 6.92 Å². The highest BCUT2D eigenvalue weighted by Crippen LogP contribution is 2.19. The minimum Gasteiger partial charge on any atom is -0.391 e. The molecule has 0 radical (unpaired) electrons. The number of benzene rings is 1. The average molecular weight is 304 g/mol. The quantitative estimate of drug-likeness (QED) is 0.486. The number of hydrogen-bond donors (Lipinski definition) is 5. The number of fused-ring (bicyclic) bond motifs is 1. The largest absolute Gasteiger partial charge is 0.391 e. The molecule has 0 aliphatic heterocycles. The van der Waals surface area contributed by atoms with Crippen molar-refractivity contribution < 1.29 is 14.7 Å². The molecule has 0 fully saturated rings. The van der Waals surface area contributed by atoms with Crippen molar-refractivity contribution >= 4 is 22.7 Å². The summed E-state index contributed by atoms with van der Waals surface area (Å²) in [4.78, 5) is 26.6. The number of amides is 2. The van der Waals surface area contributed by atoms with Crippen molar-refractivity contribution in [2.24, 2.45) is 11.5 Å². The number of hydrogen-bond acceptors (Lipinski definition) is 4. The first-order valence-electron chi connectivity index (χ1n) is 6.98. The number of rotatable bonds is 6. The van der Waals surface area contributed by atoms with Crippen molar-refractivity contribution in [2.45, 2.75) is 31.5 Å². The van der Waals surface area contributed by atoms with Crippen LogP contribution in [-0.2, 0) is 16.0 Å². The van der Waals surface area contributed by atoms with Gasteiger partial charge in [-0.3, -0.25) is 9.59 Å². The highest BCUT2D eigenvalue weighted by atomic mass is 16.3. The number of aromatic amines is 1. The average Bonchev–Trinajstić information content (AvgIpc) is 2.88. The second kappa shape index (κ2) is 6.59. The van der Waals surface area contributed by atoms with Crippen molar-refractivity contribution in [1.82, 2.24) is 10.3 Å². The van der Waals surface area contributed by atoms with Gasteiger partial charge >= 0.3 is 0 Å². The number of aliphatic hydroxyl groups is 1. The van der Waals surface area contributed by atoms with Gasteiger partial charge in [0.1, 0.15) is 12.1 Å². The summed E-state index contributed by atoms with van der Waals surface area (Å²) in [6.45, 7) is 1.41. The molecule has 0 bridgehead atoms. The standard InChI is InChI=1S/C15H20N4O3/c1-8(20)13(16)15(22)19-12(14(17)21)6-9-7-18-11-5-3-2-4-10(9)11/h2-5,7-8,12-13,18,20H,6,16H2,1H3,(H2,17,21)(H,19,22)/t8-,12+,13+/m1/s1. The molecule has 0 unspecified atom stereocenters. The number of aromatic nitrogens is 1. The van der Waals surface area contributed by atoms with Gasteiger partial charge in [-0.05, 0) is 18.6 Å². The SMILES string of the molecule is C[C@@H](O)[C@H](N)C(=O)N[C@@H](Cc1c[nH]c2ccccc12)C(N)=O. The minimum absolute atomic E-state index is 0.248. The number of primary amides is 1. The third kappa shape index (κ3) is 3.44. The first kappa shape index (κ1) is 16.0. The van der Waals surface area contributed by atoms with Crippen LogP contribution in [0.5, 0.6) is 0 Å². The van der Waals surface area contributed by atoms with E-state index in [1.807, 2.05) is 24.3 Å². The number of nitrogens with two attached hydrogens (primary N) is 2. The summed E-state index contributed by atoms with van der Waals surface area (Å²) in [5, 5.41) is 12.8. The third-order valence-electron chi connectivity index (χ3n) is 3.58. The Labute approximate surface area is 127 Å². The first-order chi connectivity index (χ1) is 10.4. The fourth-order valence-corrected chi connectivity index (χ4v) is 2.23. The molecule has 0 aliphatic rings. The lowest BCUT2D eigenvalue weighted by molar-refractivity contribution is -0.129. The number of nitrogens with one attached hydrogen (secondary N) is 2. The second-order valence-corrected chi connectivity index (χ2v) is 5.29. The Balaban J connectivity index is 2.16. The van der Waals surface area contributed by atoms with E-state index < -0.39 is 30.0 Å². The highest BCUT2D eigenvalue weighted by molar-refractivity contribution is 5.90. The molecule has 2 aromatic rings. The molecule has 1 heterocycles. The lowest BCUT2D eigenvalue weighted by Gasteiger charge is -2.19. The third-order valence-corrected chi connectivity index (χ3v) is 3.58. The summed E-state index contributed by atoms with van der Waals surface area (Å²) in [6.07, 6.45) is 1.01. The summed E-state index contributed by atoms with van der Waals surface area (Å²) >= 11 is 0. The van der Waals surface area contributed by atoms with Crippen molar-refractivity contribution in [3.05, 3.63) is 36.0 Å². The van der Waals surface area contributed by atoms with Crippen molar-refractivity contribution in [3.8, 4) is 0 Å². The van der Waals surface area contributed by atoms with Gasteiger partial charge in [0.2, 0.25) is 11.8 Å². The van der Waals surface area contributed by atoms with Gasteiger partial charge in [-0.25, -0.2) is 0 Å². The minimum atomic E-state index is -1.11. The zero-order valence-electron chi connectivity index (χ0n) is 12.2. The van der Waals surface area contributed by atoms with Crippen LogP contribution in [0.3, 0.4) is 0 Å². The summed E-state index contributed by atoms with van der Waals surface area (Å²) < 4.78 is 0. The predicted molar refractivity (Wildman–Crippen MR) is 82.8 cm³/mol. The summed E-state index contributed by atoms with van der Waals surface area (Å²) in [5.41, 5.74) is 12.7. The van der Waals surface area contributed by atoms with Crippen LogP contribution >= 0.6 is 0 Å². The molecule has 0 aliphatic carbocycles. The molecule has 3 atom stereocenters. The molecule has 1 aromatic carbocycles. The smallest absolute Gasteiger partial charge is 0.240 e. The number of para-hydroxylation sites is 1. The normalized spacial score (nSPS) is 15.2. The topological polar surface area (TPSA) is 134 Å². The number of carbonyl (C=O) groups is 2. The van der Waals surface area contributed by atoms with E-state index in [4.69, 9.17) is 11.5 Å². The fraction of sp³-hybridized carbons (Fsp3) is 0.333. The van der Waals surface area contributed by atoms with Gasteiger partial charge in [0, 0.05) is 23.5 Å². The Kier molecular flexibility index (Phi) is 4.79. The molecule has 1 aromatic heterocycles. The number of aliphatic hydroxyl groups excluding tert-OH is 1. The lowest BCUT2D eigenvalue weighted by Crippen LogP contribution is -2.54. The number of carbonyl (C=O) groups excluding carboxylic acids is 2. The maximum absolute atomic E-state index is 11.9. The van der Waals surface area contributed by atoms with E-state index in [2.05, 4.69) is 10.3 Å². The van der Waals surface area contributed by atoms with Crippen LogP contribution < -0.4 is 16.8 Å². The molecule has 0 saturated heterocycles. The van der Waals surface area contributed by atoms with Crippen LogP contribution in [0.4, 0.5) is 0 Å². The first-order valence-corrected chi connectivity index (χ1v) is 6.98. The molecule has 2 rings (SSSR count). The van der Waals surface area contributed by atoms with E-state index in [-0.39, 0.29) is 6.42 Å². The van der Waals surface area contributed by atoms with Gasteiger partial charge in [-0.1, -0.05) is 18.2 Å². The number of H-pyrrole nitrogens is 1. The maximum atomic E-state index is 11.9. The van der Waals surface area contributed by atoms with E-state index in [9.17, 15) is 14.7 Å². The van der Waals surface area contributed by atoms with Crippen LogP contribution in [0.2, 0.25) is 0 Å². The molecule has 7 N–H and O–H groups in total. The molecule has 118 valence electrons. The van der Waals surface area contributed by atoms with Gasteiger partial charge < -0.3 is 26.9 Å². The molecule has 7 nitrogen and oxygen atoms in total. The Morgan fingerprint density at radius 1 is 1.36 bits per heavy atom. The molecule has 0 spiro atoms. The van der Waals surface area contributed by atoms with Gasteiger partial charge in [0.05, 0.1) is 6.10 Å². The van der Waals surface area contributed by atoms with Gasteiger partial charge in [0.25, 0.3) is 0 Å². The van der Waals surface area contributed by atoms with Crippen LogP contribution in [0.15, 0.2) is 30.5 Å². The summed E-state index contributed by atoms with van der Waals surface area (Å²) in [7, 11) is 0. The summed E-state index contributed by atoms with van der Waals surface area (Å²) in [5.74, 6) is -1.27.